The first kappa shape index (κ1) is 15.7. The maximum atomic E-state index is 11.9. The number of alkyl halides is 3. The zero-order valence-electron chi connectivity index (χ0n) is 10.3. The quantitative estimate of drug-likeness (QED) is 0.521. The molecule has 1 saturated heterocycles. The molecule has 18 heavy (non-hydrogen) atoms. The van der Waals surface area contributed by atoms with Crippen LogP contribution in [0.1, 0.15) is 32.1 Å². The van der Waals surface area contributed by atoms with E-state index in [1.165, 1.54) is 0 Å². The predicted molar refractivity (Wildman–Crippen MR) is 60.8 cm³/mol. The Morgan fingerprint density at radius 2 is 2.22 bits per heavy atom. The Bertz CT molecular complexity index is 221. The van der Waals surface area contributed by atoms with Gasteiger partial charge in [0.1, 0.15) is 6.61 Å². The van der Waals surface area contributed by atoms with Crippen LogP contribution in [0.5, 0.6) is 0 Å². The Hall–Kier alpha value is -0.370. The first-order chi connectivity index (χ1) is 8.51. The van der Waals surface area contributed by atoms with Crippen molar-refractivity contribution in [3.63, 3.8) is 0 Å². The lowest BCUT2D eigenvalue weighted by Crippen LogP contribution is -2.39. The molecule has 0 spiro atoms. The molecule has 0 aromatic rings. The smallest absolute Gasteiger partial charge is 0.378 e. The minimum Gasteiger partial charge on any atom is -0.378 e. The Morgan fingerprint density at radius 3 is 2.78 bits per heavy atom. The zero-order valence-corrected chi connectivity index (χ0v) is 10.3. The monoisotopic (exact) mass is 270 g/mol. The van der Waals surface area contributed by atoms with E-state index < -0.39 is 12.8 Å². The van der Waals surface area contributed by atoms with Crippen LogP contribution in [0.25, 0.3) is 0 Å². The van der Waals surface area contributed by atoms with Crippen LogP contribution in [0.3, 0.4) is 0 Å². The Kier molecular flexibility index (Phi) is 6.91. The highest BCUT2D eigenvalue weighted by atomic mass is 19.4. The number of nitrogens with two attached hydrogens (primary N) is 1. The third-order valence-corrected chi connectivity index (χ3v) is 2.92. The minimum atomic E-state index is -4.28. The SMILES string of the molecule is NNC(CCCC1CCCO1)COCC(F)(F)F. The number of hydrogen-bond acceptors (Lipinski definition) is 4. The molecule has 0 radical (unpaired) electrons. The second kappa shape index (κ2) is 7.93. The van der Waals surface area contributed by atoms with Gasteiger partial charge in [-0.25, -0.2) is 0 Å². The van der Waals surface area contributed by atoms with Crippen LogP contribution in [0, 0.1) is 0 Å². The maximum Gasteiger partial charge on any atom is 0.411 e. The largest absolute Gasteiger partial charge is 0.411 e. The lowest BCUT2D eigenvalue weighted by molar-refractivity contribution is -0.175. The van der Waals surface area contributed by atoms with E-state index in [2.05, 4.69) is 10.2 Å². The number of hydrogen-bond donors (Lipinski definition) is 2. The number of ether oxygens (including phenoxy) is 2. The van der Waals surface area contributed by atoms with Gasteiger partial charge in [-0.3, -0.25) is 11.3 Å². The summed E-state index contributed by atoms with van der Waals surface area (Å²) in [7, 11) is 0. The van der Waals surface area contributed by atoms with Crippen molar-refractivity contribution >= 4 is 0 Å². The third kappa shape index (κ3) is 7.15. The van der Waals surface area contributed by atoms with Gasteiger partial charge in [-0.05, 0) is 32.1 Å². The normalized spacial score (nSPS) is 22.3. The summed E-state index contributed by atoms with van der Waals surface area (Å²) in [6, 6.07) is -0.242. The first-order valence-electron chi connectivity index (χ1n) is 6.23. The number of rotatable bonds is 8. The maximum absolute atomic E-state index is 11.9. The van der Waals surface area contributed by atoms with Crippen molar-refractivity contribution in [2.45, 2.75) is 50.4 Å². The fourth-order valence-corrected chi connectivity index (χ4v) is 2.00. The fourth-order valence-electron chi connectivity index (χ4n) is 2.00. The van der Waals surface area contributed by atoms with Gasteiger partial charge >= 0.3 is 6.18 Å². The highest BCUT2D eigenvalue weighted by Crippen LogP contribution is 2.18. The molecule has 2 atom stereocenters. The molecule has 0 aromatic carbocycles. The Morgan fingerprint density at radius 1 is 1.44 bits per heavy atom. The van der Waals surface area contributed by atoms with Gasteiger partial charge in [0.05, 0.1) is 12.7 Å². The van der Waals surface area contributed by atoms with E-state index in [0.29, 0.717) is 12.5 Å². The summed E-state index contributed by atoms with van der Waals surface area (Å²) in [5.41, 5.74) is 2.48. The predicted octanol–water partition coefficient (Wildman–Crippen LogP) is 1.75. The lowest BCUT2D eigenvalue weighted by atomic mass is 10.1. The summed E-state index contributed by atoms with van der Waals surface area (Å²) in [6.45, 7) is -0.434. The highest BCUT2D eigenvalue weighted by molar-refractivity contribution is 4.68. The van der Waals surface area contributed by atoms with Gasteiger partial charge < -0.3 is 9.47 Å². The number of halogens is 3. The first-order valence-corrected chi connectivity index (χ1v) is 6.23. The van der Waals surface area contributed by atoms with Gasteiger partial charge in [-0.15, -0.1) is 0 Å². The van der Waals surface area contributed by atoms with E-state index in [0.717, 1.165) is 32.3 Å². The van der Waals surface area contributed by atoms with E-state index in [4.69, 9.17) is 10.6 Å². The van der Waals surface area contributed by atoms with E-state index in [1.54, 1.807) is 0 Å². The van der Waals surface area contributed by atoms with Crippen LogP contribution < -0.4 is 11.3 Å². The van der Waals surface area contributed by atoms with Gasteiger partial charge in [0.15, 0.2) is 0 Å². The summed E-state index contributed by atoms with van der Waals surface area (Å²) in [6.07, 6.45) is 0.681. The molecule has 1 rings (SSSR count). The second-order valence-corrected chi connectivity index (χ2v) is 4.56. The summed E-state index contributed by atoms with van der Waals surface area (Å²) >= 11 is 0. The summed E-state index contributed by atoms with van der Waals surface area (Å²) in [5, 5.41) is 0. The van der Waals surface area contributed by atoms with Crippen molar-refractivity contribution in [1.29, 1.82) is 0 Å². The summed E-state index contributed by atoms with van der Waals surface area (Å²) < 4.78 is 45.7. The van der Waals surface area contributed by atoms with Crippen LogP contribution in [0.15, 0.2) is 0 Å². The summed E-state index contributed by atoms with van der Waals surface area (Å²) in [4.78, 5) is 0. The van der Waals surface area contributed by atoms with Crippen LogP contribution in [0.2, 0.25) is 0 Å². The number of nitrogens with one attached hydrogen (secondary N) is 1. The standard InChI is InChI=1S/C11H21F3N2O2/c12-11(13,14)8-17-7-9(16-15)3-1-4-10-5-2-6-18-10/h9-10,16H,1-8,15H2. The number of hydrazine groups is 1. The van der Waals surface area contributed by atoms with Crippen molar-refractivity contribution in [2.75, 3.05) is 19.8 Å². The molecular weight excluding hydrogens is 249 g/mol. The molecule has 1 aliphatic heterocycles. The van der Waals surface area contributed by atoms with Gasteiger partial charge in [-0.1, -0.05) is 0 Å². The van der Waals surface area contributed by atoms with Gasteiger partial charge in [0.25, 0.3) is 0 Å². The second-order valence-electron chi connectivity index (χ2n) is 4.56. The molecule has 0 bridgehead atoms. The van der Waals surface area contributed by atoms with Crippen LogP contribution in [-0.2, 0) is 9.47 Å². The minimum absolute atomic E-state index is 0.0263. The van der Waals surface area contributed by atoms with E-state index >= 15 is 0 Å². The van der Waals surface area contributed by atoms with Crippen molar-refractivity contribution in [3.8, 4) is 0 Å². The van der Waals surface area contributed by atoms with Gasteiger partial charge in [-0.2, -0.15) is 13.2 Å². The van der Waals surface area contributed by atoms with Crippen molar-refractivity contribution in [1.82, 2.24) is 5.43 Å². The molecule has 0 aromatic heterocycles. The molecule has 1 fully saturated rings. The third-order valence-electron chi connectivity index (χ3n) is 2.92. The Balaban J connectivity index is 2.05. The lowest BCUT2D eigenvalue weighted by Gasteiger charge is -2.17. The molecular formula is C11H21F3N2O2. The van der Waals surface area contributed by atoms with Crippen molar-refractivity contribution in [3.05, 3.63) is 0 Å². The molecule has 1 heterocycles. The molecule has 4 nitrogen and oxygen atoms in total. The molecule has 3 N–H and O–H groups in total. The van der Waals surface area contributed by atoms with Gasteiger partial charge in [0.2, 0.25) is 0 Å². The van der Waals surface area contributed by atoms with Crippen LogP contribution in [0.4, 0.5) is 13.2 Å². The van der Waals surface area contributed by atoms with Crippen molar-refractivity contribution in [2.24, 2.45) is 5.84 Å². The van der Waals surface area contributed by atoms with Crippen LogP contribution >= 0.6 is 0 Å². The zero-order chi connectivity index (χ0) is 13.4. The van der Waals surface area contributed by atoms with E-state index in [1.807, 2.05) is 0 Å². The van der Waals surface area contributed by atoms with Crippen LogP contribution in [-0.4, -0.2) is 38.1 Å². The fraction of sp³-hybridized carbons (Fsp3) is 1.00. The topological polar surface area (TPSA) is 56.5 Å². The van der Waals surface area contributed by atoms with E-state index in [9.17, 15) is 13.2 Å². The Labute approximate surface area is 105 Å². The molecule has 0 amide bonds. The molecule has 7 heteroatoms. The molecule has 0 aliphatic carbocycles. The molecule has 0 saturated carbocycles. The molecule has 2 unspecified atom stereocenters. The van der Waals surface area contributed by atoms with Gasteiger partial charge in [0, 0.05) is 12.6 Å². The highest BCUT2D eigenvalue weighted by Gasteiger charge is 2.27. The average Bonchev–Trinajstić information content (AvgIpc) is 2.78. The average molecular weight is 270 g/mol. The van der Waals surface area contributed by atoms with Crippen molar-refractivity contribution < 1.29 is 22.6 Å². The van der Waals surface area contributed by atoms with E-state index in [-0.39, 0.29) is 12.6 Å². The molecule has 108 valence electrons. The molecule has 1 aliphatic rings. The summed E-state index contributed by atoms with van der Waals surface area (Å²) in [5.74, 6) is 5.27.